The molecule has 1 aliphatic heterocycles. The van der Waals surface area contributed by atoms with Crippen LogP contribution >= 0.6 is 0 Å². The summed E-state index contributed by atoms with van der Waals surface area (Å²) in [5.41, 5.74) is 4.12. The number of carbonyl (C=O) groups is 1. The van der Waals surface area contributed by atoms with Gasteiger partial charge in [0.1, 0.15) is 5.75 Å². The fourth-order valence-electron chi connectivity index (χ4n) is 4.36. The number of rotatable bonds is 7. The van der Waals surface area contributed by atoms with Crippen LogP contribution in [0.5, 0.6) is 5.75 Å². The van der Waals surface area contributed by atoms with Gasteiger partial charge in [0, 0.05) is 36.9 Å². The number of methoxy groups -OCH3 is 1. The molecule has 0 saturated carbocycles. The molecule has 160 valence electrons. The van der Waals surface area contributed by atoms with Crippen molar-refractivity contribution >= 4 is 11.7 Å². The van der Waals surface area contributed by atoms with Crippen LogP contribution in [0.4, 0.5) is 5.69 Å². The normalized spacial score (nSPS) is 17.2. The maximum Gasteiger partial charge on any atom is 0.311 e. The lowest BCUT2D eigenvalue weighted by molar-refractivity contribution is -0.139. The van der Waals surface area contributed by atoms with E-state index in [2.05, 4.69) is 40.5 Å². The van der Waals surface area contributed by atoms with Crippen LogP contribution in [0.15, 0.2) is 78.9 Å². The van der Waals surface area contributed by atoms with E-state index in [1.165, 1.54) is 0 Å². The number of anilines is 1. The fraction of sp³-hybridized carbons (Fsp3) is 0.269. The Kier molecular flexibility index (Phi) is 6.53. The van der Waals surface area contributed by atoms with E-state index in [1.807, 2.05) is 48.5 Å². The molecule has 3 aromatic carbocycles. The van der Waals surface area contributed by atoms with Crippen molar-refractivity contribution in [3.8, 4) is 16.9 Å². The summed E-state index contributed by atoms with van der Waals surface area (Å²) in [7, 11) is 1.68. The third kappa shape index (κ3) is 4.72. The van der Waals surface area contributed by atoms with Crippen molar-refractivity contribution in [3.63, 3.8) is 0 Å². The van der Waals surface area contributed by atoms with Crippen LogP contribution in [-0.4, -0.2) is 43.9 Å². The zero-order valence-corrected chi connectivity index (χ0v) is 17.7. The highest BCUT2D eigenvalue weighted by molar-refractivity contribution is 5.76. The van der Waals surface area contributed by atoms with Crippen LogP contribution in [0.1, 0.15) is 17.9 Å². The molecule has 5 heteroatoms. The Morgan fingerprint density at radius 2 is 1.77 bits per heavy atom. The third-order valence-corrected chi connectivity index (χ3v) is 5.97. The average molecular weight is 417 g/mol. The van der Waals surface area contributed by atoms with Gasteiger partial charge in [-0.05, 0) is 35.7 Å². The summed E-state index contributed by atoms with van der Waals surface area (Å²) >= 11 is 0. The second kappa shape index (κ2) is 9.67. The van der Waals surface area contributed by atoms with Crippen LogP contribution in [0.25, 0.3) is 11.1 Å². The summed E-state index contributed by atoms with van der Waals surface area (Å²) in [6.07, 6.45) is 0.556. The molecule has 0 amide bonds. The van der Waals surface area contributed by atoms with E-state index in [-0.39, 0.29) is 6.04 Å². The Balaban J connectivity index is 1.56. The molecule has 0 spiro atoms. The van der Waals surface area contributed by atoms with E-state index in [0.717, 1.165) is 47.8 Å². The van der Waals surface area contributed by atoms with Gasteiger partial charge in [0.25, 0.3) is 0 Å². The summed E-state index contributed by atoms with van der Waals surface area (Å²) in [5, 5.41) is 13.3. The van der Waals surface area contributed by atoms with Gasteiger partial charge in [0.15, 0.2) is 0 Å². The van der Waals surface area contributed by atoms with E-state index in [4.69, 9.17) is 4.74 Å². The van der Waals surface area contributed by atoms with Gasteiger partial charge in [-0.25, -0.2) is 0 Å². The minimum absolute atomic E-state index is 0.104. The van der Waals surface area contributed by atoms with E-state index in [9.17, 15) is 9.90 Å². The zero-order valence-electron chi connectivity index (χ0n) is 17.7. The number of hydrogen-bond donors (Lipinski definition) is 2. The lowest BCUT2D eigenvalue weighted by Gasteiger charge is -2.39. The maximum absolute atomic E-state index is 12.0. The molecule has 0 aliphatic carbocycles. The van der Waals surface area contributed by atoms with E-state index >= 15 is 0 Å². The molecule has 5 nitrogen and oxygen atoms in total. The van der Waals surface area contributed by atoms with Crippen LogP contribution in [0.3, 0.4) is 0 Å². The lowest BCUT2D eigenvalue weighted by atomic mass is 9.90. The first-order chi connectivity index (χ1) is 15.2. The highest BCUT2D eigenvalue weighted by atomic mass is 16.5. The minimum Gasteiger partial charge on any atom is -0.496 e. The second-order valence-electron chi connectivity index (χ2n) is 7.84. The smallest absolute Gasteiger partial charge is 0.311 e. The molecule has 2 N–H and O–H groups in total. The summed E-state index contributed by atoms with van der Waals surface area (Å²) < 4.78 is 5.50. The van der Waals surface area contributed by atoms with Crippen LogP contribution in [-0.2, 0) is 4.79 Å². The molecule has 1 saturated heterocycles. The summed E-state index contributed by atoms with van der Waals surface area (Å²) in [4.78, 5) is 14.4. The number of nitrogens with zero attached hydrogens (tertiary/aromatic N) is 1. The number of carboxylic acids is 1. The average Bonchev–Trinajstić information content (AvgIpc) is 2.83. The van der Waals surface area contributed by atoms with Gasteiger partial charge in [-0.2, -0.15) is 0 Å². The number of para-hydroxylation sites is 1. The predicted octanol–water partition coefficient (Wildman–Crippen LogP) is 4.40. The van der Waals surface area contributed by atoms with Gasteiger partial charge in [-0.3, -0.25) is 4.79 Å². The summed E-state index contributed by atoms with van der Waals surface area (Å²) in [5.74, 6) is -0.452. The Hall–Kier alpha value is -3.31. The van der Waals surface area contributed by atoms with Gasteiger partial charge < -0.3 is 20.1 Å². The van der Waals surface area contributed by atoms with Crippen molar-refractivity contribution in [2.75, 3.05) is 31.6 Å². The van der Waals surface area contributed by atoms with Crippen LogP contribution in [0.2, 0.25) is 0 Å². The largest absolute Gasteiger partial charge is 0.496 e. The number of benzene rings is 3. The first-order valence-electron chi connectivity index (χ1n) is 10.7. The van der Waals surface area contributed by atoms with Gasteiger partial charge >= 0.3 is 5.97 Å². The second-order valence-corrected chi connectivity index (χ2v) is 7.84. The number of piperazine rings is 1. The van der Waals surface area contributed by atoms with Crippen LogP contribution in [0, 0.1) is 0 Å². The molecule has 31 heavy (non-hydrogen) atoms. The van der Waals surface area contributed by atoms with E-state index in [1.54, 1.807) is 7.11 Å². The topological polar surface area (TPSA) is 61.8 Å². The highest BCUT2D eigenvalue weighted by Crippen LogP contribution is 2.32. The Labute approximate surface area is 183 Å². The molecule has 0 radical (unpaired) electrons. The van der Waals surface area contributed by atoms with Crippen molar-refractivity contribution in [1.29, 1.82) is 0 Å². The first-order valence-corrected chi connectivity index (χ1v) is 10.7. The van der Waals surface area contributed by atoms with Gasteiger partial charge in [-0.15, -0.1) is 0 Å². The minimum atomic E-state index is -0.775. The predicted molar refractivity (Wildman–Crippen MR) is 124 cm³/mol. The molecule has 0 bridgehead atoms. The van der Waals surface area contributed by atoms with Crippen molar-refractivity contribution in [3.05, 3.63) is 84.4 Å². The molecule has 1 aliphatic rings. The fourth-order valence-corrected chi connectivity index (χ4v) is 4.36. The van der Waals surface area contributed by atoms with E-state index < -0.39 is 11.9 Å². The quantitative estimate of drug-likeness (QED) is 0.598. The molecular formula is C26H28N2O3. The summed E-state index contributed by atoms with van der Waals surface area (Å²) in [6, 6.07) is 26.1. The van der Waals surface area contributed by atoms with Crippen molar-refractivity contribution < 1.29 is 14.6 Å². The number of aliphatic carboxylic acids is 1. The van der Waals surface area contributed by atoms with Crippen molar-refractivity contribution in [2.45, 2.75) is 18.4 Å². The molecule has 4 rings (SSSR count). The highest BCUT2D eigenvalue weighted by Gasteiger charge is 2.29. The standard InChI is InChI=1S/C26H28N2O3/c1-31-25-10-6-5-9-23(25)20-11-13-21(14-12-20)28-16-15-27-18-22(28)17-24(26(29)30)19-7-3-2-4-8-19/h2-14,22,24,27H,15-18H2,1H3,(H,29,30). The molecule has 2 unspecified atom stereocenters. The maximum atomic E-state index is 12.0. The molecular weight excluding hydrogens is 388 g/mol. The Bertz CT molecular complexity index is 1000. The number of nitrogens with one attached hydrogen (secondary N) is 1. The Morgan fingerprint density at radius 1 is 1.06 bits per heavy atom. The molecule has 1 fully saturated rings. The third-order valence-electron chi connectivity index (χ3n) is 5.97. The number of ether oxygens (including phenoxy) is 1. The van der Waals surface area contributed by atoms with Gasteiger partial charge in [-0.1, -0.05) is 60.7 Å². The SMILES string of the molecule is COc1ccccc1-c1ccc(N2CCNCC2CC(C(=O)O)c2ccccc2)cc1. The lowest BCUT2D eigenvalue weighted by Crippen LogP contribution is -2.52. The zero-order chi connectivity index (χ0) is 21.6. The first kappa shape index (κ1) is 20.9. The van der Waals surface area contributed by atoms with Crippen molar-refractivity contribution in [2.24, 2.45) is 0 Å². The molecule has 3 aromatic rings. The molecule has 1 heterocycles. The van der Waals surface area contributed by atoms with Gasteiger partial charge in [0.2, 0.25) is 0 Å². The van der Waals surface area contributed by atoms with Gasteiger partial charge in [0.05, 0.1) is 13.0 Å². The van der Waals surface area contributed by atoms with E-state index in [0.29, 0.717) is 6.42 Å². The van der Waals surface area contributed by atoms with Crippen molar-refractivity contribution in [1.82, 2.24) is 5.32 Å². The van der Waals surface area contributed by atoms with Crippen LogP contribution < -0.4 is 15.0 Å². The number of hydrogen-bond acceptors (Lipinski definition) is 4. The molecule has 0 aromatic heterocycles. The number of carboxylic acid groups (broad SMARTS) is 1. The monoisotopic (exact) mass is 416 g/mol. The molecule has 2 atom stereocenters. The Morgan fingerprint density at radius 3 is 2.48 bits per heavy atom. The summed E-state index contributed by atoms with van der Waals surface area (Å²) in [6.45, 7) is 2.50.